The zero-order chi connectivity index (χ0) is 10.5. The maximum atomic E-state index is 11.2. The van der Waals surface area contributed by atoms with Gasteiger partial charge < -0.3 is 5.11 Å². The summed E-state index contributed by atoms with van der Waals surface area (Å²) >= 11 is 5.48. The Balaban J connectivity index is 3.95. The lowest BCUT2D eigenvalue weighted by Crippen LogP contribution is -2.34. The van der Waals surface area contributed by atoms with E-state index in [2.05, 4.69) is 4.72 Å². The average Bonchev–Trinajstić information content (AvgIpc) is 2.00. The number of alkyl halides is 1. The fraction of sp³-hybridized carbons (Fsp3) is 1.00. The third-order valence-electron chi connectivity index (χ3n) is 1.37. The minimum Gasteiger partial charge on any atom is -0.392 e. The molecule has 0 aromatic carbocycles. The number of aliphatic hydroxyl groups excluding tert-OH is 1. The van der Waals surface area contributed by atoms with E-state index in [4.69, 9.17) is 16.7 Å². The molecular formula is C7H16ClNO3S. The molecule has 0 fully saturated rings. The highest BCUT2D eigenvalue weighted by Crippen LogP contribution is 2.01. The second-order valence-corrected chi connectivity index (χ2v) is 5.40. The van der Waals surface area contributed by atoms with E-state index in [9.17, 15) is 8.42 Å². The lowest BCUT2D eigenvalue weighted by atomic mass is 10.3. The summed E-state index contributed by atoms with van der Waals surface area (Å²) in [6, 6.07) is 0. The van der Waals surface area contributed by atoms with E-state index < -0.39 is 16.1 Å². The fourth-order valence-electron chi connectivity index (χ4n) is 0.726. The van der Waals surface area contributed by atoms with Gasteiger partial charge in [-0.1, -0.05) is 6.92 Å². The van der Waals surface area contributed by atoms with Gasteiger partial charge in [0, 0.05) is 12.4 Å². The maximum Gasteiger partial charge on any atom is 0.211 e. The monoisotopic (exact) mass is 229 g/mol. The van der Waals surface area contributed by atoms with E-state index in [1.54, 1.807) is 6.92 Å². The van der Waals surface area contributed by atoms with Crippen LogP contribution in [0.1, 0.15) is 13.8 Å². The molecule has 0 heterocycles. The van der Waals surface area contributed by atoms with Crippen LogP contribution in [0.15, 0.2) is 0 Å². The van der Waals surface area contributed by atoms with E-state index in [1.807, 2.05) is 0 Å². The van der Waals surface area contributed by atoms with Crippen molar-refractivity contribution >= 4 is 21.6 Å². The molecule has 2 N–H and O–H groups in total. The summed E-state index contributed by atoms with van der Waals surface area (Å²) in [5, 5.41) is 8.85. The summed E-state index contributed by atoms with van der Waals surface area (Å²) in [5.74, 6) is 0.242. The van der Waals surface area contributed by atoms with Gasteiger partial charge in [0.25, 0.3) is 0 Å². The number of nitrogens with one attached hydrogen (secondary N) is 1. The quantitative estimate of drug-likeness (QED) is 0.638. The highest BCUT2D eigenvalue weighted by atomic mass is 35.5. The lowest BCUT2D eigenvalue weighted by Gasteiger charge is -2.10. The fourth-order valence-corrected chi connectivity index (χ4v) is 2.44. The Morgan fingerprint density at radius 1 is 1.46 bits per heavy atom. The van der Waals surface area contributed by atoms with Crippen LogP contribution in [0.5, 0.6) is 0 Å². The molecule has 0 bridgehead atoms. The molecule has 6 heteroatoms. The predicted molar refractivity (Wildman–Crippen MR) is 53.4 cm³/mol. The van der Waals surface area contributed by atoms with Crippen molar-refractivity contribution in [1.82, 2.24) is 4.72 Å². The second-order valence-electron chi connectivity index (χ2n) is 3.24. The van der Waals surface area contributed by atoms with Gasteiger partial charge in [-0.15, -0.1) is 11.6 Å². The van der Waals surface area contributed by atoms with E-state index in [1.165, 1.54) is 6.92 Å². The Morgan fingerprint density at radius 3 is 2.38 bits per heavy atom. The Hall–Kier alpha value is 0.160. The lowest BCUT2D eigenvalue weighted by molar-refractivity contribution is 0.198. The third kappa shape index (κ3) is 7.25. The van der Waals surface area contributed by atoms with E-state index >= 15 is 0 Å². The number of hydrogen-bond acceptors (Lipinski definition) is 3. The molecule has 0 amide bonds. The highest BCUT2D eigenvalue weighted by Gasteiger charge is 2.14. The zero-order valence-corrected chi connectivity index (χ0v) is 9.40. The molecule has 0 radical (unpaired) electrons. The summed E-state index contributed by atoms with van der Waals surface area (Å²) in [6.07, 6.45) is -0.666. The maximum absolute atomic E-state index is 11.2. The molecule has 0 rings (SSSR count). The molecule has 0 saturated carbocycles. The molecule has 4 nitrogen and oxygen atoms in total. The van der Waals surface area contributed by atoms with Crippen LogP contribution >= 0.6 is 11.6 Å². The first kappa shape index (κ1) is 13.2. The van der Waals surface area contributed by atoms with Crippen LogP contribution in [0, 0.1) is 5.92 Å². The van der Waals surface area contributed by atoms with Gasteiger partial charge in [-0.25, -0.2) is 13.1 Å². The molecule has 80 valence electrons. The van der Waals surface area contributed by atoms with Crippen molar-refractivity contribution in [2.24, 2.45) is 5.92 Å². The summed E-state index contributed by atoms with van der Waals surface area (Å²) in [6.45, 7) is 3.33. The molecule has 0 spiro atoms. The standard InChI is InChI=1S/C7H16ClNO3S/c1-6(3-8)5-13(11,12)9-4-7(2)10/h6-7,9-10H,3-5H2,1-2H3. The van der Waals surface area contributed by atoms with Crippen molar-refractivity contribution in [3.63, 3.8) is 0 Å². The first-order chi connectivity index (χ1) is 5.87. The Labute approximate surface area is 84.3 Å². The van der Waals surface area contributed by atoms with Crippen molar-refractivity contribution < 1.29 is 13.5 Å². The van der Waals surface area contributed by atoms with Gasteiger partial charge in [0.05, 0.1) is 11.9 Å². The normalized spacial score (nSPS) is 16.9. The number of rotatable bonds is 6. The SMILES string of the molecule is CC(O)CNS(=O)(=O)CC(C)CCl. The molecule has 0 aliphatic heterocycles. The Kier molecular flexibility index (Phi) is 5.87. The molecule has 0 saturated heterocycles. The van der Waals surface area contributed by atoms with Gasteiger partial charge in [-0.2, -0.15) is 0 Å². The Bertz CT molecular complexity index is 228. The summed E-state index contributed by atoms with van der Waals surface area (Å²) < 4.78 is 24.7. The molecule has 0 aliphatic carbocycles. The van der Waals surface area contributed by atoms with Crippen molar-refractivity contribution in [2.45, 2.75) is 20.0 Å². The van der Waals surface area contributed by atoms with Crippen molar-refractivity contribution in [2.75, 3.05) is 18.2 Å². The van der Waals surface area contributed by atoms with E-state index in [-0.39, 0.29) is 18.2 Å². The molecular weight excluding hydrogens is 214 g/mol. The van der Waals surface area contributed by atoms with Crippen molar-refractivity contribution in [3.8, 4) is 0 Å². The molecule has 2 unspecified atom stereocenters. The minimum absolute atomic E-state index is 0.00319. The summed E-state index contributed by atoms with van der Waals surface area (Å²) in [4.78, 5) is 0. The van der Waals surface area contributed by atoms with Crippen LogP contribution in [0.2, 0.25) is 0 Å². The van der Waals surface area contributed by atoms with Crippen LogP contribution in [0.25, 0.3) is 0 Å². The first-order valence-corrected chi connectivity index (χ1v) is 6.27. The third-order valence-corrected chi connectivity index (χ3v) is 3.51. The van der Waals surface area contributed by atoms with Crippen LogP contribution in [-0.2, 0) is 10.0 Å². The average molecular weight is 230 g/mol. The van der Waals surface area contributed by atoms with Crippen molar-refractivity contribution in [3.05, 3.63) is 0 Å². The van der Waals surface area contributed by atoms with Crippen LogP contribution < -0.4 is 4.72 Å². The van der Waals surface area contributed by atoms with Gasteiger partial charge >= 0.3 is 0 Å². The molecule has 13 heavy (non-hydrogen) atoms. The van der Waals surface area contributed by atoms with Gasteiger partial charge in [0.1, 0.15) is 0 Å². The number of aliphatic hydroxyl groups is 1. The molecule has 0 aromatic rings. The van der Waals surface area contributed by atoms with Gasteiger partial charge in [0.2, 0.25) is 10.0 Å². The topological polar surface area (TPSA) is 66.4 Å². The number of hydrogen-bond donors (Lipinski definition) is 2. The van der Waals surface area contributed by atoms with Crippen molar-refractivity contribution in [1.29, 1.82) is 0 Å². The van der Waals surface area contributed by atoms with Gasteiger partial charge in [-0.05, 0) is 12.8 Å². The van der Waals surface area contributed by atoms with Gasteiger partial charge in [-0.3, -0.25) is 0 Å². The van der Waals surface area contributed by atoms with E-state index in [0.29, 0.717) is 5.88 Å². The van der Waals surface area contributed by atoms with Gasteiger partial charge in [0.15, 0.2) is 0 Å². The van der Waals surface area contributed by atoms with Crippen LogP contribution in [0.4, 0.5) is 0 Å². The number of halogens is 1. The first-order valence-electron chi connectivity index (χ1n) is 4.08. The zero-order valence-electron chi connectivity index (χ0n) is 7.83. The summed E-state index contributed by atoms with van der Waals surface area (Å²) in [5.41, 5.74) is 0. The van der Waals surface area contributed by atoms with Crippen LogP contribution in [-0.4, -0.2) is 37.8 Å². The smallest absolute Gasteiger partial charge is 0.211 e. The minimum atomic E-state index is -3.28. The predicted octanol–water partition coefficient (Wildman–Crippen LogP) is 0.161. The molecule has 0 aromatic heterocycles. The second kappa shape index (κ2) is 5.80. The highest BCUT2D eigenvalue weighted by molar-refractivity contribution is 7.89. The van der Waals surface area contributed by atoms with E-state index in [0.717, 1.165) is 0 Å². The molecule has 0 aliphatic rings. The largest absolute Gasteiger partial charge is 0.392 e. The molecule has 2 atom stereocenters. The van der Waals surface area contributed by atoms with Crippen LogP contribution in [0.3, 0.4) is 0 Å². The Morgan fingerprint density at radius 2 is 2.00 bits per heavy atom. The number of sulfonamides is 1. The summed E-state index contributed by atoms with van der Waals surface area (Å²) in [7, 11) is -3.28.